The molecule has 0 aromatic heterocycles. The predicted octanol–water partition coefficient (Wildman–Crippen LogP) is 4.83. The van der Waals surface area contributed by atoms with Gasteiger partial charge in [-0.2, -0.15) is 0 Å². The molecule has 11 heteroatoms. The number of thioether (sulfide) groups is 1. The van der Waals surface area contributed by atoms with E-state index in [9.17, 15) is 9.59 Å². The largest absolute Gasteiger partial charge is 0.497 e. The summed E-state index contributed by atoms with van der Waals surface area (Å²) in [4.78, 5) is 31.8. The van der Waals surface area contributed by atoms with Crippen LogP contribution in [-0.2, 0) is 37.0 Å². The number of Topliss-reactive ketones (excluding diaryl/α,β-unsaturated/α-hetero) is 1. The van der Waals surface area contributed by atoms with Crippen molar-refractivity contribution in [2.75, 3.05) is 21.3 Å². The summed E-state index contributed by atoms with van der Waals surface area (Å²) < 4.78 is 35.1. The fraction of sp³-hybridized carbons (Fsp3) is 0.500. The molecule has 1 fully saturated rings. The maximum atomic E-state index is 12.8. The van der Waals surface area contributed by atoms with Gasteiger partial charge in [0, 0.05) is 7.05 Å². The van der Waals surface area contributed by atoms with Gasteiger partial charge < -0.3 is 28.4 Å². The maximum Gasteiger partial charge on any atom is 0.416 e. The van der Waals surface area contributed by atoms with Crippen LogP contribution in [-0.4, -0.2) is 78.6 Å². The number of amides is 1. The second kappa shape index (κ2) is 13.2. The Morgan fingerprint density at radius 3 is 1.88 bits per heavy atom. The molecule has 1 saturated heterocycles. The lowest BCUT2D eigenvalue weighted by molar-refractivity contribution is -0.198. The minimum absolute atomic E-state index is 0.184. The van der Waals surface area contributed by atoms with Crippen molar-refractivity contribution in [1.29, 1.82) is 0 Å². The summed E-state index contributed by atoms with van der Waals surface area (Å²) in [6.07, 6.45) is -2.80. The smallest absolute Gasteiger partial charge is 0.416 e. The third-order valence-corrected chi connectivity index (χ3v) is 7.77. The molecule has 2 aliphatic heterocycles. The number of hydrogen-bond acceptors (Lipinski definition) is 10. The average molecular weight is 587 g/mol. The number of nitrogens with zero attached hydrogens (tertiary/aromatic N) is 2. The van der Waals surface area contributed by atoms with Crippen molar-refractivity contribution >= 4 is 28.8 Å². The van der Waals surface area contributed by atoms with Gasteiger partial charge >= 0.3 is 6.09 Å². The van der Waals surface area contributed by atoms with Crippen LogP contribution >= 0.6 is 11.8 Å². The van der Waals surface area contributed by atoms with E-state index < -0.39 is 41.5 Å². The van der Waals surface area contributed by atoms with Crippen LogP contribution in [0.15, 0.2) is 53.5 Å². The number of methoxy groups -OCH3 is 2. The van der Waals surface area contributed by atoms with E-state index in [4.69, 9.17) is 33.4 Å². The molecule has 0 N–H and O–H groups in total. The summed E-state index contributed by atoms with van der Waals surface area (Å²) in [6.45, 7) is 7.36. The highest BCUT2D eigenvalue weighted by molar-refractivity contribution is 8.14. The molecule has 2 aromatic carbocycles. The van der Waals surface area contributed by atoms with Gasteiger partial charge in [0.15, 0.2) is 11.0 Å². The lowest BCUT2D eigenvalue weighted by Crippen LogP contribution is -2.58. The Labute approximate surface area is 245 Å². The Kier molecular flexibility index (Phi) is 9.96. The number of ether oxygens (including phenoxy) is 6. The number of fused-ring (bicyclic) bond motifs is 1. The molecule has 1 amide bonds. The number of rotatable bonds is 9. The maximum absolute atomic E-state index is 12.8. The first-order chi connectivity index (χ1) is 19.5. The molecule has 41 heavy (non-hydrogen) atoms. The first kappa shape index (κ1) is 30.8. The Bertz CT molecular complexity index is 1230. The van der Waals surface area contributed by atoms with E-state index in [0.29, 0.717) is 5.17 Å². The van der Waals surface area contributed by atoms with Crippen LogP contribution in [0.5, 0.6) is 11.5 Å². The molecular weight excluding hydrogens is 548 g/mol. The Hall–Kier alpha value is -3.12. The quantitative estimate of drug-likeness (QED) is 0.409. The summed E-state index contributed by atoms with van der Waals surface area (Å²) in [5.41, 5.74) is 0.606. The first-order valence-corrected chi connectivity index (χ1v) is 14.2. The number of carbonyl (C=O) groups excluding carboxylic acids is 2. The Balaban J connectivity index is 1.60. The van der Waals surface area contributed by atoms with E-state index in [2.05, 4.69) is 0 Å². The highest BCUT2D eigenvalue weighted by atomic mass is 32.2. The summed E-state index contributed by atoms with van der Waals surface area (Å²) in [5.74, 6) is 1.29. The number of aliphatic imine (C=N–C) groups is 1. The fourth-order valence-corrected chi connectivity index (χ4v) is 5.58. The van der Waals surface area contributed by atoms with Crippen molar-refractivity contribution in [3.05, 3.63) is 59.7 Å². The normalized spacial score (nSPS) is 23.8. The Morgan fingerprint density at radius 2 is 1.41 bits per heavy atom. The van der Waals surface area contributed by atoms with E-state index in [1.807, 2.05) is 48.5 Å². The zero-order valence-electron chi connectivity index (χ0n) is 24.5. The van der Waals surface area contributed by atoms with Gasteiger partial charge in [-0.1, -0.05) is 36.0 Å². The minimum atomic E-state index is -0.885. The monoisotopic (exact) mass is 586 g/mol. The number of carbonyl (C=O) groups is 2. The molecule has 2 aromatic rings. The van der Waals surface area contributed by atoms with Crippen LogP contribution in [0.2, 0.25) is 0 Å². The first-order valence-electron chi connectivity index (χ1n) is 13.3. The lowest BCUT2D eigenvalue weighted by Gasteiger charge is -2.41. The van der Waals surface area contributed by atoms with Crippen molar-refractivity contribution in [3.63, 3.8) is 0 Å². The molecule has 2 aliphatic rings. The van der Waals surface area contributed by atoms with Gasteiger partial charge in [0.25, 0.3) is 0 Å². The van der Waals surface area contributed by atoms with E-state index in [1.165, 1.54) is 23.6 Å². The molecule has 222 valence electrons. The van der Waals surface area contributed by atoms with Gasteiger partial charge in [0.2, 0.25) is 0 Å². The number of amidine groups is 1. The van der Waals surface area contributed by atoms with Gasteiger partial charge in [-0.05, 0) is 63.1 Å². The summed E-state index contributed by atoms with van der Waals surface area (Å²) in [6, 6.07) is 14.5. The van der Waals surface area contributed by atoms with Crippen molar-refractivity contribution in [2.45, 2.75) is 76.3 Å². The molecular formula is C30H38N2O8S. The predicted molar refractivity (Wildman–Crippen MR) is 155 cm³/mol. The van der Waals surface area contributed by atoms with Crippen LogP contribution in [0.25, 0.3) is 0 Å². The van der Waals surface area contributed by atoms with E-state index in [-0.39, 0.29) is 19.0 Å². The van der Waals surface area contributed by atoms with Gasteiger partial charge in [-0.25, -0.2) is 4.79 Å². The fourth-order valence-electron chi connectivity index (χ4n) is 4.42. The third-order valence-electron chi connectivity index (χ3n) is 6.56. The van der Waals surface area contributed by atoms with Crippen LogP contribution in [0.3, 0.4) is 0 Å². The molecule has 0 spiro atoms. The highest BCUT2D eigenvalue weighted by Gasteiger charge is 2.53. The zero-order chi connectivity index (χ0) is 29.7. The molecule has 0 bridgehead atoms. The van der Waals surface area contributed by atoms with Gasteiger partial charge in [-0.3, -0.25) is 14.7 Å². The van der Waals surface area contributed by atoms with E-state index >= 15 is 0 Å². The van der Waals surface area contributed by atoms with Crippen LogP contribution in [0, 0.1) is 0 Å². The molecule has 5 atom stereocenters. The van der Waals surface area contributed by atoms with Crippen LogP contribution < -0.4 is 9.47 Å². The summed E-state index contributed by atoms with van der Waals surface area (Å²) in [7, 11) is 4.82. The standard InChI is InChI=1S/C30H38N2O8S/c1-18(33)24-26(38-17-20-10-14-22(36-7)15-11-20)25(37-16-19-8-12-21(35-6)13-9-19)23-27(39-24)41-28(31-23)32(5)29(34)40-30(2,3)4/h8-15,23-27H,16-17H2,1-7H3/t23-,24?,25-,26-,27-/m1/s1. The number of ketones is 1. The lowest BCUT2D eigenvalue weighted by atomic mass is 9.95. The average Bonchev–Trinajstić information content (AvgIpc) is 3.38. The molecule has 1 unspecified atom stereocenters. The van der Waals surface area contributed by atoms with Gasteiger partial charge in [0.05, 0.1) is 27.4 Å². The second-order valence-electron chi connectivity index (χ2n) is 10.8. The molecule has 0 aliphatic carbocycles. The Morgan fingerprint density at radius 1 is 0.902 bits per heavy atom. The van der Waals surface area contributed by atoms with Crippen molar-refractivity contribution in [2.24, 2.45) is 4.99 Å². The van der Waals surface area contributed by atoms with Crippen molar-refractivity contribution in [3.8, 4) is 11.5 Å². The van der Waals surface area contributed by atoms with Gasteiger partial charge in [0.1, 0.15) is 46.9 Å². The van der Waals surface area contributed by atoms with Crippen LogP contribution in [0.1, 0.15) is 38.8 Å². The zero-order valence-corrected chi connectivity index (χ0v) is 25.3. The van der Waals surface area contributed by atoms with Crippen molar-refractivity contribution in [1.82, 2.24) is 4.90 Å². The summed E-state index contributed by atoms with van der Waals surface area (Å²) in [5, 5.41) is 0.422. The van der Waals surface area contributed by atoms with E-state index in [1.54, 1.807) is 42.0 Å². The number of hydrogen-bond donors (Lipinski definition) is 0. The number of benzene rings is 2. The molecule has 2 heterocycles. The highest BCUT2D eigenvalue weighted by Crippen LogP contribution is 2.40. The van der Waals surface area contributed by atoms with Gasteiger partial charge in [-0.15, -0.1) is 0 Å². The van der Waals surface area contributed by atoms with E-state index in [0.717, 1.165) is 22.6 Å². The third kappa shape index (κ3) is 7.79. The molecule has 0 saturated carbocycles. The second-order valence-corrected chi connectivity index (χ2v) is 11.9. The minimum Gasteiger partial charge on any atom is -0.497 e. The molecule has 10 nitrogen and oxygen atoms in total. The topological polar surface area (TPSA) is 105 Å². The summed E-state index contributed by atoms with van der Waals surface area (Å²) >= 11 is 1.26. The van der Waals surface area contributed by atoms with Crippen LogP contribution in [0.4, 0.5) is 4.79 Å². The molecule has 4 rings (SSSR count). The SMILES string of the molecule is COc1ccc(CO[C@@H]2[C@H]3N=C(N(C)C(=O)OC(C)(C)C)S[C@H]3OC(C(C)=O)[C@H]2OCc2ccc(OC)cc2)cc1. The molecule has 0 radical (unpaired) electrons. The van der Waals surface area contributed by atoms with Crippen molar-refractivity contribution < 1.29 is 38.0 Å².